The number of carbonyl (C=O) groups is 1. The lowest BCUT2D eigenvalue weighted by Crippen LogP contribution is -2.46. The Morgan fingerprint density at radius 2 is 2.18 bits per heavy atom. The largest absolute Gasteiger partial charge is 0.357 e. The number of nitrogens with zero attached hydrogens (tertiary/aromatic N) is 2. The Hall–Kier alpha value is -1.29. The van der Waals surface area contributed by atoms with E-state index in [2.05, 4.69) is 17.6 Å². The molecule has 1 aromatic rings. The first-order valence-corrected chi connectivity index (χ1v) is 6.35. The SMILES string of the molecule is Cn1ccc(CCCC(=O)N2CCNCC2)c1. The fourth-order valence-corrected chi connectivity index (χ4v) is 2.22. The first-order valence-electron chi connectivity index (χ1n) is 6.35. The highest BCUT2D eigenvalue weighted by molar-refractivity contribution is 5.76. The molecule has 1 aromatic heterocycles. The molecule has 4 heteroatoms. The zero-order valence-electron chi connectivity index (χ0n) is 10.5. The van der Waals surface area contributed by atoms with Gasteiger partial charge in [0.15, 0.2) is 0 Å². The van der Waals surface area contributed by atoms with E-state index in [1.165, 1.54) is 5.56 Å². The summed E-state index contributed by atoms with van der Waals surface area (Å²) in [7, 11) is 2.02. The second-order valence-corrected chi connectivity index (χ2v) is 4.67. The van der Waals surface area contributed by atoms with Crippen molar-refractivity contribution in [3.8, 4) is 0 Å². The second-order valence-electron chi connectivity index (χ2n) is 4.67. The van der Waals surface area contributed by atoms with Gasteiger partial charge in [0, 0.05) is 52.0 Å². The van der Waals surface area contributed by atoms with Crippen molar-refractivity contribution in [2.75, 3.05) is 26.2 Å². The van der Waals surface area contributed by atoms with Gasteiger partial charge in [-0.2, -0.15) is 0 Å². The van der Waals surface area contributed by atoms with Crippen LogP contribution >= 0.6 is 0 Å². The van der Waals surface area contributed by atoms with Gasteiger partial charge in [0.25, 0.3) is 0 Å². The molecule has 0 spiro atoms. The monoisotopic (exact) mass is 235 g/mol. The maximum atomic E-state index is 11.9. The molecular weight excluding hydrogens is 214 g/mol. The number of hydrogen-bond acceptors (Lipinski definition) is 2. The quantitative estimate of drug-likeness (QED) is 0.837. The van der Waals surface area contributed by atoms with E-state index in [-0.39, 0.29) is 0 Å². The maximum absolute atomic E-state index is 11.9. The fraction of sp³-hybridized carbons (Fsp3) is 0.615. The molecule has 1 saturated heterocycles. The number of nitrogens with one attached hydrogen (secondary N) is 1. The lowest BCUT2D eigenvalue weighted by Gasteiger charge is -2.27. The molecule has 1 aliphatic heterocycles. The van der Waals surface area contributed by atoms with E-state index < -0.39 is 0 Å². The molecule has 0 bridgehead atoms. The summed E-state index contributed by atoms with van der Waals surface area (Å²) in [6, 6.07) is 2.12. The zero-order chi connectivity index (χ0) is 12.1. The van der Waals surface area contributed by atoms with Crippen molar-refractivity contribution < 1.29 is 4.79 Å². The van der Waals surface area contributed by atoms with Crippen LogP contribution in [0.2, 0.25) is 0 Å². The van der Waals surface area contributed by atoms with Gasteiger partial charge in [0.05, 0.1) is 0 Å². The number of carbonyl (C=O) groups excluding carboxylic acids is 1. The summed E-state index contributed by atoms with van der Waals surface area (Å²) in [5, 5.41) is 3.26. The van der Waals surface area contributed by atoms with E-state index in [0.717, 1.165) is 39.0 Å². The van der Waals surface area contributed by atoms with Gasteiger partial charge in [-0.3, -0.25) is 4.79 Å². The minimum Gasteiger partial charge on any atom is -0.357 e. The summed E-state index contributed by atoms with van der Waals surface area (Å²) in [4.78, 5) is 13.9. The maximum Gasteiger partial charge on any atom is 0.222 e. The molecule has 0 saturated carbocycles. The predicted molar refractivity (Wildman–Crippen MR) is 67.8 cm³/mol. The molecule has 17 heavy (non-hydrogen) atoms. The van der Waals surface area contributed by atoms with Crippen LogP contribution in [0.5, 0.6) is 0 Å². The van der Waals surface area contributed by atoms with Gasteiger partial charge in [0.2, 0.25) is 5.91 Å². The van der Waals surface area contributed by atoms with E-state index in [9.17, 15) is 4.79 Å². The molecule has 4 nitrogen and oxygen atoms in total. The highest BCUT2D eigenvalue weighted by Gasteiger charge is 2.15. The third kappa shape index (κ3) is 3.60. The Labute approximate surface area is 103 Å². The van der Waals surface area contributed by atoms with Gasteiger partial charge in [-0.15, -0.1) is 0 Å². The highest BCUT2D eigenvalue weighted by atomic mass is 16.2. The number of piperazine rings is 1. The first kappa shape index (κ1) is 12.2. The Morgan fingerprint density at radius 1 is 1.41 bits per heavy atom. The van der Waals surface area contributed by atoms with Crippen LogP contribution in [0.3, 0.4) is 0 Å². The fourth-order valence-electron chi connectivity index (χ4n) is 2.22. The molecule has 1 fully saturated rings. The van der Waals surface area contributed by atoms with Gasteiger partial charge in [-0.25, -0.2) is 0 Å². The van der Waals surface area contributed by atoms with E-state index in [4.69, 9.17) is 0 Å². The zero-order valence-corrected chi connectivity index (χ0v) is 10.5. The molecule has 94 valence electrons. The summed E-state index contributed by atoms with van der Waals surface area (Å²) in [6.45, 7) is 3.60. The summed E-state index contributed by atoms with van der Waals surface area (Å²) in [5.74, 6) is 0.308. The molecule has 0 unspecified atom stereocenters. The normalized spacial score (nSPS) is 16.2. The van der Waals surface area contributed by atoms with Gasteiger partial charge in [-0.05, 0) is 24.5 Å². The first-order chi connectivity index (χ1) is 8.25. The van der Waals surface area contributed by atoms with Crippen molar-refractivity contribution in [1.82, 2.24) is 14.8 Å². The van der Waals surface area contributed by atoms with Gasteiger partial charge >= 0.3 is 0 Å². The topological polar surface area (TPSA) is 37.3 Å². The highest BCUT2D eigenvalue weighted by Crippen LogP contribution is 2.07. The van der Waals surface area contributed by atoms with Gasteiger partial charge < -0.3 is 14.8 Å². The van der Waals surface area contributed by atoms with Crippen molar-refractivity contribution in [1.29, 1.82) is 0 Å². The molecule has 0 aliphatic carbocycles. The van der Waals surface area contributed by atoms with Crippen LogP contribution in [0.25, 0.3) is 0 Å². The van der Waals surface area contributed by atoms with Crippen LogP contribution in [0, 0.1) is 0 Å². The summed E-state index contributed by atoms with van der Waals surface area (Å²) in [5.41, 5.74) is 1.32. The standard InChI is InChI=1S/C13H21N3O/c1-15-8-5-12(11-15)3-2-4-13(17)16-9-6-14-7-10-16/h5,8,11,14H,2-4,6-7,9-10H2,1H3. The average Bonchev–Trinajstić information content (AvgIpc) is 2.76. The molecule has 2 heterocycles. The number of amides is 1. The van der Waals surface area contributed by atoms with Crippen molar-refractivity contribution >= 4 is 5.91 Å². The third-order valence-electron chi connectivity index (χ3n) is 3.22. The van der Waals surface area contributed by atoms with Crippen LogP contribution in [0.1, 0.15) is 18.4 Å². The third-order valence-corrected chi connectivity index (χ3v) is 3.22. The number of aryl methyl sites for hydroxylation is 2. The number of rotatable bonds is 4. The Kier molecular flexibility index (Phi) is 4.20. The van der Waals surface area contributed by atoms with Crippen LogP contribution in [0.4, 0.5) is 0 Å². The lowest BCUT2D eigenvalue weighted by molar-refractivity contribution is -0.131. The van der Waals surface area contributed by atoms with Gasteiger partial charge in [0.1, 0.15) is 0 Å². The van der Waals surface area contributed by atoms with Crippen molar-refractivity contribution in [3.63, 3.8) is 0 Å². The smallest absolute Gasteiger partial charge is 0.222 e. The van der Waals surface area contributed by atoms with Crippen LogP contribution in [-0.2, 0) is 18.3 Å². The van der Waals surface area contributed by atoms with Gasteiger partial charge in [-0.1, -0.05) is 0 Å². The van der Waals surface area contributed by atoms with Crippen molar-refractivity contribution in [3.05, 3.63) is 24.0 Å². The van der Waals surface area contributed by atoms with Crippen molar-refractivity contribution in [2.45, 2.75) is 19.3 Å². The Bertz CT molecular complexity index is 366. The van der Waals surface area contributed by atoms with E-state index in [1.54, 1.807) is 0 Å². The molecule has 0 atom stereocenters. The molecule has 1 aliphatic rings. The molecule has 1 amide bonds. The van der Waals surface area contributed by atoms with E-state index >= 15 is 0 Å². The Balaban J connectivity index is 1.69. The van der Waals surface area contributed by atoms with Crippen molar-refractivity contribution in [2.24, 2.45) is 7.05 Å². The molecule has 0 aromatic carbocycles. The predicted octanol–water partition coefficient (Wildman–Crippen LogP) is 0.780. The van der Waals surface area contributed by atoms with E-state index in [1.807, 2.05) is 22.7 Å². The summed E-state index contributed by atoms with van der Waals surface area (Å²) in [6.07, 6.45) is 6.79. The lowest BCUT2D eigenvalue weighted by atomic mass is 10.1. The van der Waals surface area contributed by atoms with Crippen LogP contribution in [-0.4, -0.2) is 41.6 Å². The number of aromatic nitrogens is 1. The molecule has 0 radical (unpaired) electrons. The molecular formula is C13H21N3O. The number of hydrogen-bond donors (Lipinski definition) is 1. The minimum atomic E-state index is 0.308. The minimum absolute atomic E-state index is 0.308. The molecule has 1 N–H and O–H groups in total. The average molecular weight is 235 g/mol. The summed E-state index contributed by atoms with van der Waals surface area (Å²) < 4.78 is 2.05. The van der Waals surface area contributed by atoms with Crippen LogP contribution < -0.4 is 5.32 Å². The molecule has 2 rings (SSSR count). The van der Waals surface area contributed by atoms with E-state index in [0.29, 0.717) is 12.3 Å². The summed E-state index contributed by atoms with van der Waals surface area (Å²) >= 11 is 0. The van der Waals surface area contributed by atoms with Crippen LogP contribution in [0.15, 0.2) is 18.5 Å². The second kappa shape index (κ2) is 5.87. The Morgan fingerprint density at radius 3 is 2.82 bits per heavy atom.